The molecular weight excluding hydrogens is 480 g/mol. The number of piperidine rings is 1. The van der Waals surface area contributed by atoms with E-state index in [1.165, 1.54) is 11.3 Å². The molecular formula is C27H27ClN4O2S. The number of pyridine rings is 1. The molecule has 0 bridgehead atoms. The minimum absolute atomic E-state index is 0.0242. The van der Waals surface area contributed by atoms with Crippen LogP contribution in [0.1, 0.15) is 29.4 Å². The number of nitrogens with one attached hydrogen (secondary N) is 2. The number of carbonyl (C=O) groups is 1. The summed E-state index contributed by atoms with van der Waals surface area (Å²) in [5.41, 5.74) is 4.61. The third-order valence-electron chi connectivity index (χ3n) is 7.16. The van der Waals surface area contributed by atoms with Crippen molar-refractivity contribution >= 4 is 61.2 Å². The maximum absolute atomic E-state index is 12.7. The summed E-state index contributed by atoms with van der Waals surface area (Å²) >= 11 is 8.27. The van der Waals surface area contributed by atoms with Gasteiger partial charge in [0.15, 0.2) is 0 Å². The fourth-order valence-electron chi connectivity index (χ4n) is 5.16. The Bertz CT molecular complexity index is 1440. The summed E-state index contributed by atoms with van der Waals surface area (Å²) in [6, 6.07) is 14.4. The molecule has 4 aromatic rings. The zero-order chi connectivity index (χ0) is 24.1. The summed E-state index contributed by atoms with van der Waals surface area (Å²) in [6.07, 6.45) is 2.00. The van der Waals surface area contributed by atoms with Crippen LogP contribution in [0, 0.1) is 5.92 Å². The number of rotatable bonds is 3. The summed E-state index contributed by atoms with van der Waals surface area (Å²) in [6.45, 7) is 4.82. The fourth-order valence-corrected chi connectivity index (χ4v) is 6.53. The molecule has 180 valence electrons. The Labute approximate surface area is 212 Å². The molecule has 2 aliphatic heterocycles. The largest absolute Gasteiger partial charge is 0.396 e. The summed E-state index contributed by atoms with van der Waals surface area (Å²) < 4.78 is 1.07. The number of aliphatic hydroxyl groups is 1. The van der Waals surface area contributed by atoms with Crippen molar-refractivity contribution in [3.63, 3.8) is 0 Å². The van der Waals surface area contributed by atoms with Crippen molar-refractivity contribution in [2.75, 3.05) is 36.5 Å². The molecule has 1 saturated heterocycles. The van der Waals surface area contributed by atoms with E-state index in [1.54, 1.807) is 0 Å². The number of amides is 1. The topological polar surface area (TPSA) is 77.5 Å². The quantitative estimate of drug-likeness (QED) is 0.341. The molecule has 1 unspecified atom stereocenters. The zero-order valence-electron chi connectivity index (χ0n) is 19.5. The molecule has 2 aromatic heterocycles. The first kappa shape index (κ1) is 22.6. The highest BCUT2D eigenvalue weighted by Gasteiger charge is 2.25. The minimum atomic E-state index is -0.0242. The van der Waals surface area contributed by atoms with E-state index >= 15 is 0 Å². The number of thiophene rings is 1. The first-order chi connectivity index (χ1) is 17.0. The molecule has 35 heavy (non-hydrogen) atoms. The highest BCUT2D eigenvalue weighted by Crippen LogP contribution is 2.41. The lowest BCUT2D eigenvalue weighted by atomic mass is 9.97. The molecule has 0 aliphatic carbocycles. The number of hydrogen-bond donors (Lipinski definition) is 3. The molecule has 4 heterocycles. The summed E-state index contributed by atoms with van der Waals surface area (Å²) in [5.74, 6) is 0.379. The Balaban J connectivity index is 1.36. The summed E-state index contributed by atoms with van der Waals surface area (Å²) in [5, 5.41) is 18.7. The Morgan fingerprint density at radius 1 is 1.17 bits per heavy atom. The molecule has 1 amide bonds. The third-order valence-corrected chi connectivity index (χ3v) is 8.62. The van der Waals surface area contributed by atoms with Gasteiger partial charge in [0.1, 0.15) is 4.88 Å². The molecule has 1 atom stereocenters. The molecule has 0 radical (unpaired) electrons. The predicted molar refractivity (Wildman–Crippen MR) is 145 cm³/mol. The standard InChI is InChI=1S/C27H27ClN4O2S/c1-15-13-29-25-24-19-4-5-21(31-22(19)6-7-23(24)35-26(25)27(34)30-15)18-3-2-17(12-20(18)28)32-10-8-16(14-33)9-11-32/h2-7,12,15-16,29,33H,8-11,13-14H2,1H3,(H,30,34). The van der Waals surface area contributed by atoms with Gasteiger partial charge in [-0.3, -0.25) is 4.79 Å². The molecule has 2 aliphatic rings. The minimum Gasteiger partial charge on any atom is -0.396 e. The lowest BCUT2D eigenvalue weighted by Crippen LogP contribution is -2.34. The van der Waals surface area contributed by atoms with Gasteiger partial charge in [0.25, 0.3) is 5.91 Å². The first-order valence-corrected chi connectivity index (χ1v) is 13.3. The van der Waals surface area contributed by atoms with Crippen LogP contribution in [0.15, 0.2) is 42.5 Å². The molecule has 6 rings (SSSR count). The lowest BCUT2D eigenvalue weighted by Gasteiger charge is -2.33. The van der Waals surface area contributed by atoms with Gasteiger partial charge < -0.3 is 20.6 Å². The van der Waals surface area contributed by atoms with Gasteiger partial charge in [-0.25, -0.2) is 4.98 Å². The van der Waals surface area contributed by atoms with Crippen molar-refractivity contribution in [3.8, 4) is 11.3 Å². The number of aromatic nitrogens is 1. The average molecular weight is 507 g/mol. The van der Waals surface area contributed by atoms with Crippen molar-refractivity contribution in [2.45, 2.75) is 25.8 Å². The van der Waals surface area contributed by atoms with E-state index in [2.05, 4.69) is 27.7 Å². The number of nitrogens with zero attached hydrogens (tertiary/aromatic N) is 2. The second kappa shape index (κ2) is 8.97. The van der Waals surface area contributed by atoms with E-state index < -0.39 is 0 Å². The molecule has 6 nitrogen and oxygen atoms in total. The normalized spacial score (nSPS) is 18.9. The van der Waals surface area contributed by atoms with Gasteiger partial charge in [-0.1, -0.05) is 11.6 Å². The number of anilines is 2. The fraction of sp³-hybridized carbons (Fsp3) is 0.333. The molecule has 8 heteroatoms. The van der Waals surface area contributed by atoms with Gasteiger partial charge >= 0.3 is 0 Å². The number of carbonyl (C=O) groups excluding carboxylic acids is 1. The van der Waals surface area contributed by atoms with E-state index in [1.807, 2.05) is 37.3 Å². The van der Waals surface area contributed by atoms with Gasteiger partial charge in [0.2, 0.25) is 0 Å². The number of benzene rings is 2. The van der Waals surface area contributed by atoms with Crippen molar-refractivity contribution in [1.29, 1.82) is 0 Å². The summed E-state index contributed by atoms with van der Waals surface area (Å²) in [7, 11) is 0. The van der Waals surface area contributed by atoms with Gasteiger partial charge in [-0.15, -0.1) is 11.3 Å². The van der Waals surface area contributed by atoms with Crippen molar-refractivity contribution < 1.29 is 9.90 Å². The Kier molecular flexibility index (Phi) is 5.79. The van der Waals surface area contributed by atoms with Gasteiger partial charge in [-0.2, -0.15) is 0 Å². The van der Waals surface area contributed by atoms with Crippen LogP contribution in [0.5, 0.6) is 0 Å². The molecule has 3 N–H and O–H groups in total. The van der Waals surface area contributed by atoms with Crippen LogP contribution >= 0.6 is 22.9 Å². The average Bonchev–Trinajstić information content (AvgIpc) is 3.20. The maximum atomic E-state index is 12.7. The second-order valence-corrected chi connectivity index (χ2v) is 11.0. The van der Waals surface area contributed by atoms with Crippen LogP contribution in [0.25, 0.3) is 32.2 Å². The molecule has 0 saturated carbocycles. The summed E-state index contributed by atoms with van der Waals surface area (Å²) in [4.78, 5) is 20.7. The number of halogens is 1. The first-order valence-electron chi connectivity index (χ1n) is 12.1. The van der Waals surface area contributed by atoms with E-state index in [9.17, 15) is 9.90 Å². The van der Waals surface area contributed by atoms with Gasteiger partial charge in [0.05, 0.1) is 21.9 Å². The molecule has 2 aromatic carbocycles. The van der Waals surface area contributed by atoms with Crippen LogP contribution in [0.2, 0.25) is 5.02 Å². The van der Waals surface area contributed by atoms with Crippen molar-refractivity contribution in [1.82, 2.24) is 10.3 Å². The maximum Gasteiger partial charge on any atom is 0.263 e. The van der Waals surface area contributed by atoms with Crippen LogP contribution in [0.4, 0.5) is 11.4 Å². The smallest absolute Gasteiger partial charge is 0.263 e. The number of fused-ring (bicyclic) bond motifs is 5. The SMILES string of the molecule is CC1CNc2c(sc3ccc4nc(-c5ccc(N6CCC(CO)CC6)cc5Cl)ccc4c23)C(=O)N1. The van der Waals surface area contributed by atoms with Crippen LogP contribution in [-0.4, -0.2) is 48.3 Å². The predicted octanol–water partition coefficient (Wildman–Crippen LogP) is 5.52. The highest BCUT2D eigenvalue weighted by molar-refractivity contribution is 7.21. The molecule has 0 spiro atoms. The van der Waals surface area contributed by atoms with Crippen LogP contribution in [-0.2, 0) is 0 Å². The van der Waals surface area contributed by atoms with Crippen molar-refractivity contribution in [2.24, 2.45) is 5.92 Å². The van der Waals surface area contributed by atoms with E-state index in [-0.39, 0.29) is 18.6 Å². The van der Waals surface area contributed by atoms with E-state index in [4.69, 9.17) is 16.6 Å². The Morgan fingerprint density at radius 3 is 2.77 bits per heavy atom. The number of hydrogen-bond acceptors (Lipinski definition) is 6. The van der Waals surface area contributed by atoms with Crippen LogP contribution < -0.4 is 15.5 Å². The third kappa shape index (κ3) is 4.01. The highest BCUT2D eigenvalue weighted by atomic mass is 35.5. The number of aliphatic hydroxyl groups excluding tert-OH is 1. The lowest BCUT2D eigenvalue weighted by molar-refractivity contribution is 0.0949. The van der Waals surface area contributed by atoms with Gasteiger partial charge in [0, 0.05) is 59.0 Å². The van der Waals surface area contributed by atoms with Crippen LogP contribution in [0.3, 0.4) is 0 Å². The monoisotopic (exact) mass is 506 g/mol. The second-order valence-electron chi connectivity index (χ2n) is 9.54. The zero-order valence-corrected chi connectivity index (χ0v) is 21.0. The van der Waals surface area contributed by atoms with Gasteiger partial charge in [-0.05, 0) is 68.1 Å². The Morgan fingerprint density at radius 2 is 2.00 bits per heavy atom. The van der Waals surface area contributed by atoms with E-state index in [0.717, 1.165) is 74.4 Å². The Hall–Kier alpha value is -2.87. The van der Waals surface area contributed by atoms with E-state index in [0.29, 0.717) is 17.5 Å². The molecule has 1 fully saturated rings. The van der Waals surface area contributed by atoms with Crippen molar-refractivity contribution in [3.05, 3.63) is 52.4 Å².